The number of nitriles is 1. The Labute approximate surface area is 210 Å². The quantitative estimate of drug-likeness (QED) is 0.305. The molecule has 0 fully saturated rings. The van der Waals surface area contributed by atoms with Crippen LogP contribution in [0.3, 0.4) is 0 Å². The monoisotopic (exact) mass is 503 g/mol. The lowest BCUT2D eigenvalue weighted by Crippen LogP contribution is -2.35. The Balaban J connectivity index is 1.26. The first-order valence-electron chi connectivity index (χ1n) is 11.0. The molecule has 0 spiro atoms. The van der Waals surface area contributed by atoms with Gasteiger partial charge in [-0.3, -0.25) is 9.69 Å². The molecule has 2 aromatic carbocycles. The maximum atomic E-state index is 12.7. The average molecular weight is 504 g/mol. The molecule has 0 aliphatic carbocycles. The van der Waals surface area contributed by atoms with Crippen molar-refractivity contribution in [3.05, 3.63) is 82.2 Å². The van der Waals surface area contributed by atoms with Crippen LogP contribution in [0.1, 0.15) is 21.6 Å². The number of thiophene rings is 1. The number of benzene rings is 2. The molecule has 3 heterocycles. The molecule has 0 radical (unpaired) electrons. The SMILES string of the molecule is N#Cc1c(NC(=O)CSc2c([O-])on[n+]2-c2ccccc2)sc2c1CCN(Cc1ccccc1)C2. The maximum Gasteiger partial charge on any atom is 0.298 e. The predicted molar refractivity (Wildman–Crippen MR) is 130 cm³/mol. The van der Waals surface area contributed by atoms with Crippen molar-refractivity contribution in [2.75, 3.05) is 17.6 Å². The number of carbonyl (C=O) groups excluding carboxylic acids is 1. The lowest BCUT2D eigenvalue weighted by Gasteiger charge is -2.26. The van der Waals surface area contributed by atoms with Crippen molar-refractivity contribution in [2.45, 2.75) is 24.5 Å². The van der Waals surface area contributed by atoms with Crippen LogP contribution in [0.4, 0.5) is 5.00 Å². The van der Waals surface area contributed by atoms with E-state index in [1.165, 1.54) is 21.6 Å². The summed E-state index contributed by atoms with van der Waals surface area (Å²) in [5.41, 5.74) is 3.47. The third-order valence-electron chi connectivity index (χ3n) is 5.66. The van der Waals surface area contributed by atoms with Crippen molar-refractivity contribution < 1.29 is 19.1 Å². The molecule has 1 aliphatic rings. The van der Waals surface area contributed by atoms with Crippen molar-refractivity contribution in [2.24, 2.45) is 0 Å². The predicted octanol–water partition coefficient (Wildman–Crippen LogP) is 3.25. The zero-order chi connectivity index (χ0) is 24.2. The molecule has 0 unspecified atom stereocenters. The molecule has 0 atom stereocenters. The minimum atomic E-state index is -0.602. The van der Waals surface area contributed by atoms with Gasteiger partial charge in [0.05, 0.1) is 16.6 Å². The zero-order valence-corrected chi connectivity index (χ0v) is 20.3. The summed E-state index contributed by atoms with van der Waals surface area (Å²) in [6, 6.07) is 21.7. The molecule has 0 bridgehead atoms. The summed E-state index contributed by atoms with van der Waals surface area (Å²) in [5.74, 6) is -0.919. The fraction of sp³-hybridized carbons (Fsp3) is 0.200. The fourth-order valence-corrected chi connectivity index (χ4v) is 6.04. The van der Waals surface area contributed by atoms with Gasteiger partial charge < -0.3 is 14.9 Å². The number of carbonyl (C=O) groups is 1. The standard InChI is InChI=1S/C25H21N5O3S2/c26-13-20-19-11-12-29(14-17-7-3-1-4-8-17)15-21(19)35-23(20)27-22(31)16-34-24-25(32)33-28-30(24)18-9-5-2-6-10-18/h1-10H,11-12,14-16H2,(H-,27,28,31,32). The van der Waals surface area contributed by atoms with Gasteiger partial charge in [0.1, 0.15) is 11.1 Å². The molecule has 8 nitrogen and oxygen atoms in total. The highest BCUT2D eigenvalue weighted by Crippen LogP contribution is 2.37. The fourth-order valence-electron chi connectivity index (χ4n) is 4.03. The van der Waals surface area contributed by atoms with E-state index in [0.29, 0.717) is 16.3 Å². The van der Waals surface area contributed by atoms with Crippen LogP contribution in [-0.2, 0) is 24.3 Å². The first-order valence-corrected chi connectivity index (χ1v) is 12.8. The third-order valence-corrected chi connectivity index (χ3v) is 7.81. The van der Waals surface area contributed by atoms with E-state index in [1.807, 2.05) is 36.4 Å². The highest BCUT2D eigenvalue weighted by Gasteiger charge is 2.26. The number of amides is 1. The summed E-state index contributed by atoms with van der Waals surface area (Å²) in [6.45, 7) is 2.44. The van der Waals surface area contributed by atoms with Gasteiger partial charge >= 0.3 is 0 Å². The lowest BCUT2D eigenvalue weighted by atomic mass is 10.0. The van der Waals surface area contributed by atoms with Crippen molar-refractivity contribution >= 4 is 34.0 Å². The van der Waals surface area contributed by atoms with Gasteiger partial charge in [-0.05, 0) is 34.0 Å². The minimum Gasteiger partial charge on any atom is -0.538 e. The summed E-state index contributed by atoms with van der Waals surface area (Å²) >= 11 is 2.50. The summed E-state index contributed by atoms with van der Waals surface area (Å²) in [5, 5.41) is 29.4. The number of nitrogens with zero attached hydrogens (tertiary/aromatic N) is 4. The molecule has 0 saturated carbocycles. The molecule has 4 aromatic rings. The van der Waals surface area contributed by atoms with Crippen molar-refractivity contribution in [3.8, 4) is 17.7 Å². The van der Waals surface area contributed by atoms with Crippen molar-refractivity contribution in [1.29, 1.82) is 5.26 Å². The second-order valence-corrected chi connectivity index (χ2v) is 10.1. The number of hydrogen-bond donors (Lipinski definition) is 1. The zero-order valence-electron chi connectivity index (χ0n) is 18.6. The number of aromatic nitrogens is 2. The maximum absolute atomic E-state index is 12.7. The van der Waals surface area contributed by atoms with Crippen LogP contribution in [0.25, 0.3) is 5.69 Å². The number of thioether (sulfide) groups is 1. The van der Waals surface area contributed by atoms with Crippen LogP contribution in [-0.4, -0.2) is 28.4 Å². The summed E-state index contributed by atoms with van der Waals surface area (Å²) in [6.07, 6.45) is 0.767. The van der Waals surface area contributed by atoms with Gasteiger partial charge in [0.25, 0.3) is 5.03 Å². The topological polar surface area (TPSA) is 109 Å². The van der Waals surface area contributed by atoms with E-state index in [0.717, 1.165) is 48.3 Å². The molecule has 5 rings (SSSR count). The molecular weight excluding hydrogens is 482 g/mol. The second kappa shape index (κ2) is 10.3. The summed E-state index contributed by atoms with van der Waals surface area (Å²) in [7, 11) is 0. The van der Waals surface area contributed by atoms with Gasteiger partial charge in [0.15, 0.2) is 5.95 Å². The molecule has 1 aliphatic heterocycles. The largest absolute Gasteiger partial charge is 0.538 e. The van der Waals surface area contributed by atoms with Gasteiger partial charge in [-0.1, -0.05) is 48.5 Å². The number of nitrogens with one attached hydrogen (secondary N) is 1. The van der Waals surface area contributed by atoms with Gasteiger partial charge in [0, 0.05) is 36.6 Å². The van der Waals surface area contributed by atoms with E-state index in [-0.39, 0.29) is 16.7 Å². The Kier molecular flexibility index (Phi) is 6.81. The minimum absolute atomic E-state index is 0.0170. The average Bonchev–Trinajstić information content (AvgIpc) is 3.42. The van der Waals surface area contributed by atoms with Crippen LogP contribution in [0.2, 0.25) is 0 Å². The normalized spacial score (nSPS) is 13.2. The van der Waals surface area contributed by atoms with Crippen LogP contribution in [0.5, 0.6) is 5.95 Å². The van der Waals surface area contributed by atoms with E-state index in [1.54, 1.807) is 12.1 Å². The van der Waals surface area contributed by atoms with E-state index in [2.05, 4.69) is 33.7 Å². The molecule has 176 valence electrons. The number of para-hydroxylation sites is 1. The van der Waals surface area contributed by atoms with E-state index >= 15 is 0 Å². The van der Waals surface area contributed by atoms with Crippen molar-refractivity contribution in [1.82, 2.24) is 10.2 Å². The number of rotatable bonds is 7. The second-order valence-electron chi connectivity index (χ2n) is 8.02. The number of hydrogen-bond acceptors (Lipinski definition) is 8. The molecular formula is C25H21N5O3S2. The van der Waals surface area contributed by atoms with E-state index in [4.69, 9.17) is 4.52 Å². The Morgan fingerprint density at radius 1 is 1.23 bits per heavy atom. The Hall–Kier alpha value is -3.65. The van der Waals surface area contributed by atoms with Crippen LogP contribution >= 0.6 is 23.1 Å². The van der Waals surface area contributed by atoms with Crippen LogP contribution in [0.15, 0.2) is 70.2 Å². The van der Waals surface area contributed by atoms with Crippen LogP contribution < -0.4 is 15.1 Å². The molecule has 1 amide bonds. The molecule has 1 N–H and O–H groups in total. The highest BCUT2D eigenvalue weighted by molar-refractivity contribution is 7.99. The number of fused-ring (bicyclic) bond motifs is 1. The summed E-state index contributed by atoms with van der Waals surface area (Å²) < 4.78 is 6.19. The Morgan fingerprint density at radius 2 is 1.97 bits per heavy atom. The Morgan fingerprint density at radius 3 is 2.71 bits per heavy atom. The van der Waals surface area contributed by atoms with E-state index in [9.17, 15) is 15.2 Å². The molecule has 35 heavy (non-hydrogen) atoms. The molecule has 0 saturated heterocycles. The molecule has 2 aromatic heterocycles. The van der Waals surface area contributed by atoms with Crippen molar-refractivity contribution in [3.63, 3.8) is 0 Å². The first-order chi connectivity index (χ1) is 17.1. The van der Waals surface area contributed by atoms with E-state index < -0.39 is 5.95 Å². The Bertz CT molecular complexity index is 1380. The highest BCUT2D eigenvalue weighted by atomic mass is 32.2. The molecule has 10 heteroatoms. The smallest absolute Gasteiger partial charge is 0.298 e. The van der Waals surface area contributed by atoms with Gasteiger partial charge in [-0.25, -0.2) is 0 Å². The lowest BCUT2D eigenvalue weighted by molar-refractivity contribution is -0.705. The third kappa shape index (κ3) is 5.07. The van der Waals surface area contributed by atoms with Gasteiger partial charge in [-0.15, -0.1) is 11.3 Å². The van der Waals surface area contributed by atoms with Gasteiger partial charge in [0.2, 0.25) is 11.6 Å². The summed E-state index contributed by atoms with van der Waals surface area (Å²) in [4.78, 5) is 16.2. The van der Waals surface area contributed by atoms with Crippen LogP contribution in [0, 0.1) is 11.3 Å². The number of anilines is 1. The van der Waals surface area contributed by atoms with Gasteiger partial charge in [-0.2, -0.15) is 5.26 Å². The first kappa shape index (κ1) is 23.1.